The van der Waals surface area contributed by atoms with Crippen molar-refractivity contribution in [1.29, 1.82) is 0 Å². The molecule has 1 fully saturated rings. The van der Waals surface area contributed by atoms with Crippen LogP contribution in [0, 0.1) is 6.92 Å². The quantitative estimate of drug-likeness (QED) is 0.768. The highest BCUT2D eigenvalue weighted by atomic mass is 32.1. The van der Waals surface area contributed by atoms with Crippen molar-refractivity contribution >= 4 is 27.5 Å². The number of likely N-dealkylation sites (tertiary alicyclic amines) is 1. The minimum Gasteiger partial charge on any atom is -0.475 e. The van der Waals surface area contributed by atoms with Gasteiger partial charge in [-0.3, -0.25) is 4.90 Å². The van der Waals surface area contributed by atoms with Gasteiger partial charge in [0.1, 0.15) is 10.8 Å². The first-order valence-electron chi connectivity index (χ1n) is 8.04. The summed E-state index contributed by atoms with van der Waals surface area (Å²) in [5.74, 6) is -0.262. The largest absolute Gasteiger partial charge is 0.475 e. The van der Waals surface area contributed by atoms with E-state index in [1.807, 2.05) is 24.3 Å². The van der Waals surface area contributed by atoms with Crippen LogP contribution < -0.4 is 0 Å². The van der Waals surface area contributed by atoms with E-state index in [4.69, 9.17) is 14.5 Å². The Morgan fingerprint density at radius 1 is 1.46 bits per heavy atom. The Balaban J connectivity index is 1.58. The Morgan fingerprint density at radius 3 is 3.04 bits per heavy atom. The summed E-state index contributed by atoms with van der Waals surface area (Å²) in [6.07, 6.45) is 2.19. The molecular weight excluding hydrogens is 324 g/mol. The molecule has 124 valence electrons. The molecule has 0 radical (unpaired) electrons. The van der Waals surface area contributed by atoms with Crippen LogP contribution in [0.2, 0.25) is 0 Å². The summed E-state index contributed by atoms with van der Waals surface area (Å²) in [7, 11) is 0. The minimum atomic E-state index is -1.01. The molecule has 1 aliphatic rings. The number of thiazole rings is 1. The monoisotopic (exact) mass is 342 g/mol. The molecule has 0 saturated carbocycles. The summed E-state index contributed by atoms with van der Waals surface area (Å²) < 4.78 is 6.73. The second-order valence-corrected chi connectivity index (χ2v) is 7.24. The number of carboxylic acids is 1. The first-order valence-corrected chi connectivity index (χ1v) is 8.85. The fraction of sp³-hybridized carbons (Fsp3) is 0.333. The van der Waals surface area contributed by atoms with Crippen LogP contribution in [0.25, 0.3) is 10.2 Å². The summed E-state index contributed by atoms with van der Waals surface area (Å²) in [4.78, 5) is 18.3. The Labute approximate surface area is 143 Å². The van der Waals surface area contributed by atoms with Gasteiger partial charge in [-0.2, -0.15) is 0 Å². The van der Waals surface area contributed by atoms with E-state index >= 15 is 0 Å². The van der Waals surface area contributed by atoms with E-state index in [-0.39, 0.29) is 11.8 Å². The van der Waals surface area contributed by atoms with E-state index in [0.717, 1.165) is 29.9 Å². The molecule has 1 atom stereocenters. The number of hydrogen-bond donors (Lipinski definition) is 1. The van der Waals surface area contributed by atoms with E-state index in [0.29, 0.717) is 17.9 Å². The molecule has 4 rings (SSSR count). The lowest BCUT2D eigenvalue weighted by atomic mass is 10.2. The van der Waals surface area contributed by atoms with Crippen molar-refractivity contribution in [1.82, 2.24) is 9.88 Å². The lowest BCUT2D eigenvalue weighted by molar-refractivity contribution is 0.0657. The van der Waals surface area contributed by atoms with Crippen LogP contribution in [-0.4, -0.2) is 27.5 Å². The summed E-state index contributed by atoms with van der Waals surface area (Å²) in [5, 5.41) is 10.3. The molecule has 2 aromatic heterocycles. The first-order chi connectivity index (χ1) is 11.6. The molecule has 1 saturated heterocycles. The standard InChI is InChI=1S/C18H18N2O3S/c1-11-9-12(23-16(11)18(21)22)10-20-8-4-6-14(20)17-19-13-5-2-3-7-15(13)24-17/h2-3,5,7,9,14H,4,6,8,10H2,1H3,(H,21,22). The average Bonchev–Trinajstić information content (AvgIpc) is 3.25. The molecule has 0 bridgehead atoms. The van der Waals surface area contributed by atoms with Crippen molar-refractivity contribution in [3.8, 4) is 0 Å². The maximum Gasteiger partial charge on any atom is 0.372 e. The molecule has 24 heavy (non-hydrogen) atoms. The van der Waals surface area contributed by atoms with E-state index < -0.39 is 5.97 Å². The van der Waals surface area contributed by atoms with Gasteiger partial charge in [-0.1, -0.05) is 12.1 Å². The molecule has 1 N–H and O–H groups in total. The number of aryl methyl sites for hydroxylation is 1. The highest BCUT2D eigenvalue weighted by molar-refractivity contribution is 7.18. The number of furan rings is 1. The van der Waals surface area contributed by atoms with Crippen molar-refractivity contribution in [3.05, 3.63) is 52.4 Å². The smallest absolute Gasteiger partial charge is 0.372 e. The number of para-hydroxylation sites is 1. The second kappa shape index (κ2) is 6.03. The Bertz CT molecular complexity index is 866. The SMILES string of the molecule is Cc1cc(CN2CCCC2c2nc3ccccc3s2)oc1C(=O)O. The predicted octanol–water partition coefficient (Wildman–Crippen LogP) is 4.23. The number of rotatable bonds is 4. The third-order valence-corrected chi connectivity index (χ3v) is 5.62. The highest BCUT2D eigenvalue weighted by Crippen LogP contribution is 2.37. The van der Waals surface area contributed by atoms with Gasteiger partial charge in [0, 0.05) is 5.56 Å². The Morgan fingerprint density at radius 2 is 2.29 bits per heavy atom. The third kappa shape index (κ3) is 2.72. The lowest BCUT2D eigenvalue weighted by Crippen LogP contribution is -2.22. The van der Waals surface area contributed by atoms with Crippen LogP contribution in [-0.2, 0) is 6.54 Å². The zero-order chi connectivity index (χ0) is 16.7. The van der Waals surface area contributed by atoms with E-state index in [1.54, 1.807) is 18.3 Å². The number of nitrogens with zero attached hydrogens (tertiary/aromatic N) is 2. The van der Waals surface area contributed by atoms with Crippen molar-refractivity contribution < 1.29 is 14.3 Å². The zero-order valence-electron chi connectivity index (χ0n) is 13.4. The summed E-state index contributed by atoms with van der Waals surface area (Å²) in [6, 6.07) is 10.3. The van der Waals surface area contributed by atoms with Crippen molar-refractivity contribution in [2.45, 2.75) is 32.4 Å². The van der Waals surface area contributed by atoms with Crippen LogP contribution in [0.3, 0.4) is 0 Å². The fourth-order valence-electron chi connectivity index (χ4n) is 3.37. The maximum absolute atomic E-state index is 11.1. The van der Waals surface area contributed by atoms with Gasteiger partial charge >= 0.3 is 5.97 Å². The molecule has 3 heterocycles. The number of carboxylic acid groups (broad SMARTS) is 1. The number of carbonyl (C=O) groups is 1. The molecule has 0 amide bonds. The van der Waals surface area contributed by atoms with Crippen LogP contribution in [0.5, 0.6) is 0 Å². The molecule has 1 unspecified atom stereocenters. The van der Waals surface area contributed by atoms with Crippen LogP contribution >= 0.6 is 11.3 Å². The molecule has 1 aliphatic heterocycles. The number of fused-ring (bicyclic) bond motifs is 1. The highest BCUT2D eigenvalue weighted by Gasteiger charge is 2.29. The van der Waals surface area contributed by atoms with Crippen LogP contribution in [0.4, 0.5) is 0 Å². The number of benzene rings is 1. The summed E-state index contributed by atoms with van der Waals surface area (Å²) >= 11 is 1.74. The van der Waals surface area contributed by atoms with Gasteiger partial charge in [-0.15, -0.1) is 11.3 Å². The predicted molar refractivity (Wildman–Crippen MR) is 92.4 cm³/mol. The van der Waals surface area contributed by atoms with Crippen LogP contribution in [0.1, 0.15) is 45.8 Å². The lowest BCUT2D eigenvalue weighted by Gasteiger charge is -2.21. The summed E-state index contributed by atoms with van der Waals surface area (Å²) in [5.41, 5.74) is 1.72. The molecule has 0 spiro atoms. The van der Waals surface area contributed by atoms with Gasteiger partial charge in [0.2, 0.25) is 5.76 Å². The topological polar surface area (TPSA) is 66.6 Å². The molecular formula is C18H18N2O3S. The van der Waals surface area contributed by atoms with Crippen molar-refractivity contribution in [2.24, 2.45) is 0 Å². The molecule has 1 aromatic carbocycles. The number of aromatic carboxylic acids is 1. The normalized spacial score (nSPS) is 18.5. The molecule has 0 aliphatic carbocycles. The summed E-state index contributed by atoms with van der Waals surface area (Å²) in [6.45, 7) is 3.36. The third-order valence-electron chi connectivity index (χ3n) is 4.48. The zero-order valence-corrected chi connectivity index (χ0v) is 14.2. The minimum absolute atomic E-state index is 0.0423. The molecule has 3 aromatic rings. The number of hydrogen-bond acceptors (Lipinski definition) is 5. The van der Waals surface area contributed by atoms with Gasteiger partial charge in [-0.25, -0.2) is 9.78 Å². The van der Waals surface area contributed by atoms with Gasteiger partial charge < -0.3 is 9.52 Å². The van der Waals surface area contributed by atoms with E-state index in [9.17, 15) is 4.79 Å². The van der Waals surface area contributed by atoms with Gasteiger partial charge in [0.05, 0.1) is 22.8 Å². The Hall–Kier alpha value is -2.18. The Kier molecular flexibility index (Phi) is 3.86. The van der Waals surface area contributed by atoms with Crippen molar-refractivity contribution in [2.75, 3.05) is 6.54 Å². The second-order valence-electron chi connectivity index (χ2n) is 6.18. The van der Waals surface area contributed by atoms with Gasteiger partial charge in [0.15, 0.2) is 0 Å². The first kappa shape index (κ1) is 15.4. The van der Waals surface area contributed by atoms with E-state index in [2.05, 4.69) is 11.0 Å². The maximum atomic E-state index is 11.1. The molecule has 6 heteroatoms. The van der Waals surface area contributed by atoms with Gasteiger partial charge in [0.25, 0.3) is 0 Å². The van der Waals surface area contributed by atoms with E-state index in [1.165, 1.54) is 4.70 Å². The van der Waals surface area contributed by atoms with Crippen LogP contribution in [0.15, 0.2) is 34.7 Å². The van der Waals surface area contributed by atoms with Gasteiger partial charge in [-0.05, 0) is 44.5 Å². The van der Waals surface area contributed by atoms with Crippen molar-refractivity contribution in [3.63, 3.8) is 0 Å². The number of aromatic nitrogens is 1. The average molecular weight is 342 g/mol. The fourth-order valence-corrected chi connectivity index (χ4v) is 4.50. The molecule has 5 nitrogen and oxygen atoms in total.